The average molecular weight is 1070 g/mol. The summed E-state index contributed by atoms with van der Waals surface area (Å²) in [6, 6.07) is 0. The summed E-state index contributed by atoms with van der Waals surface area (Å²) in [5, 5.41) is 0. The van der Waals surface area contributed by atoms with Crippen LogP contribution < -0.4 is 0 Å². The largest absolute Gasteiger partial charge is 0.462 e. The molecule has 1 atom stereocenters. The van der Waals surface area contributed by atoms with Crippen molar-refractivity contribution in [3.63, 3.8) is 0 Å². The Bertz CT molecular complexity index is 1510. The fourth-order valence-electron chi connectivity index (χ4n) is 9.14. The van der Waals surface area contributed by atoms with Gasteiger partial charge in [0.15, 0.2) is 6.10 Å². The summed E-state index contributed by atoms with van der Waals surface area (Å²) in [6.45, 7) is 6.49. The van der Waals surface area contributed by atoms with Crippen molar-refractivity contribution in [2.75, 3.05) is 13.2 Å². The maximum atomic E-state index is 12.9. The molecule has 1 unspecified atom stereocenters. The fraction of sp³-hybridized carbons (Fsp3) is 0.732. The van der Waals surface area contributed by atoms with Crippen molar-refractivity contribution in [1.29, 1.82) is 0 Å². The van der Waals surface area contributed by atoms with E-state index in [1.54, 1.807) is 0 Å². The Kier molecular flexibility index (Phi) is 61.8. The van der Waals surface area contributed by atoms with E-state index in [1.807, 2.05) is 0 Å². The van der Waals surface area contributed by atoms with E-state index in [-0.39, 0.29) is 31.1 Å². The highest BCUT2D eigenvalue weighted by molar-refractivity contribution is 5.71. The zero-order chi connectivity index (χ0) is 55.7. The van der Waals surface area contributed by atoms with Crippen molar-refractivity contribution < 1.29 is 28.6 Å². The molecule has 0 saturated carbocycles. The van der Waals surface area contributed by atoms with Crippen LogP contribution in [0.3, 0.4) is 0 Å². The van der Waals surface area contributed by atoms with Gasteiger partial charge in [0.2, 0.25) is 0 Å². The van der Waals surface area contributed by atoms with Crippen LogP contribution in [0.25, 0.3) is 0 Å². The van der Waals surface area contributed by atoms with Crippen LogP contribution in [0.5, 0.6) is 0 Å². The molecule has 442 valence electrons. The zero-order valence-electron chi connectivity index (χ0n) is 50.7. The number of carbonyl (C=O) groups excluding carboxylic acids is 3. The number of hydrogen-bond acceptors (Lipinski definition) is 6. The van der Waals surface area contributed by atoms with E-state index in [1.165, 1.54) is 167 Å². The molecule has 0 fully saturated rings. The topological polar surface area (TPSA) is 78.9 Å². The molecule has 0 N–H and O–H groups in total. The second-order valence-electron chi connectivity index (χ2n) is 21.6. The van der Waals surface area contributed by atoms with Gasteiger partial charge >= 0.3 is 17.9 Å². The van der Waals surface area contributed by atoms with Gasteiger partial charge in [0, 0.05) is 19.3 Å². The van der Waals surface area contributed by atoms with Crippen LogP contribution in [0.2, 0.25) is 0 Å². The smallest absolute Gasteiger partial charge is 0.306 e. The van der Waals surface area contributed by atoms with E-state index in [0.717, 1.165) is 109 Å². The van der Waals surface area contributed by atoms with E-state index in [4.69, 9.17) is 14.2 Å². The summed E-state index contributed by atoms with van der Waals surface area (Å²) < 4.78 is 16.9. The molecule has 0 rings (SSSR count). The van der Waals surface area contributed by atoms with Crippen molar-refractivity contribution in [3.05, 3.63) is 97.2 Å². The van der Waals surface area contributed by atoms with Crippen molar-refractivity contribution in [3.8, 4) is 0 Å². The maximum Gasteiger partial charge on any atom is 0.306 e. The highest BCUT2D eigenvalue weighted by Gasteiger charge is 2.19. The zero-order valence-corrected chi connectivity index (χ0v) is 50.7. The molecule has 0 aliphatic rings. The van der Waals surface area contributed by atoms with Gasteiger partial charge in [-0.15, -0.1) is 0 Å². The Morgan fingerprint density at radius 1 is 0.273 bits per heavy atom. The molecule has 0 bridgehead atoms. The monoisotopic (exact) mass is 1070 g/mol. The van der Waals surface area contributed by atoms with Crippen molar-refractivity contribution in [1.82, 2.24) is 0 Å². The number of unbranched alkanes of at least 4 members (excludes halogenated alkanes) is 32. The maximum absolute atomic E-state index is 12.9. The second kappa shape index (κ2) is 64.9. The molecule has 0 radical (unpaired) electrons. The SMILES string of the molecule is CC/C=C\C/C=C\C/C=C\C/C=C\CCCCCCCCCCCCCCC(=O)OCC(COC(=O)CCCCCCC/C=C\C/C=C\CCCCC)OC(=O)CCCCCCCCCCC/C=C\C/C=C\CCCCC. The fourth-order valence-corrected chi connectivity index (χ4v) is 9.14. The van der Waals surface area contributed by atoms with Gasteiger partial charge in [-0.3, -0.25) is 14.4 Å². The standard InChI is InChI=1S/C71H122O6/c1-4-7-10-13-16-19-22-25-28-30-32-33-34-35-36-37-39-40-43-46-49-52-55-58-61-64-70(73)76-67-68(66-75-69(72)63-60-57-54-51-48-45-42-27-24-21-18-15-12-9-6-3)77-71(74)65-62-59-56-53-50-47-44-41-38-31-29-26-23-20-17-14-11-8-5-2/h7,10,16-21,25-29,32-33,42,68H,4-6,8-9,11-15,22-24,30-31,34-41,43-67H2,1-3H3/b10-7-,19-16-,20-17-,21-18-,28-25-,29-26-,33-32-,42-27-. The van der Waals surface area contributed by atoms with Gasteiger partial charge in [0.25, 0.3) is 0 Å². The highest BCUT2D eigenvalue weighted by atomic mass is 16.6. The normalized spacial score (nSPS) is 12.7. The third-order valence-electron chi connectivity index (χ3n) is 14.0. The van der Waals surface area contributed by atoms with Crippen molar-refractivity contribution >= 4 is 17.9 Å². The van der Waals surface area contributed by atoms with Crippen LogP contribution in [0.1, 0.15) is 316 Å². The summed E-state index contributed by atoms with van der Waals surface area (Å²) in [5.74, 6) is -0.892. The van der Waals surface area contributed by atoms with Gasteiger partial charge in [-0.2, -0.15) is 0 Å². The molecule has 0 amide bonds. The molecule has 0 heterocycles. The molecule has 0 saturated heterocycles. The Labute approximate surface area is 477 Å². The van der Waals surface area contributed by atoms with Gasteiger partial charge < -0.3 is 14.2 Å². The van der Waals surface area contributed by atoms with Crippen molar-refractivity contribution in [2.45, 2.75) is 322 Å². The van der Waals surface area contributed by atoms with Gasteiger partial charge in [0.05, 0.1) is 0 Å². The summed E-state index contributed by atoms with van der Waals surface area (Å²) in [6.07, 6.45) is 86.9. The molecule has 0 aromatic rings. The number of carbonyl (C=O) groups is 3. The van der Waals surface area contributed by atoms with Crippen LogP contribution in [0, 0.1) is 0 Å². The molecular formula is C71H122O6. The predicted molar refractivity (Wildman–Crippen MR) is 334 cm³/mol. The summed E-state index contributed by atoms with van der Waals surface area (Å²) >= 11 is 0. The third kappa shape index (κ3) is 63.0. The molecular weight excluding hydrogens is 949 g/mol. The van der Waals surface area contributed by atoms with Crippen LogP contribution >= 0.6 is 0 Å². The lowest BCUT2D eigenvalue weighted by Crippen LogP contribution is -2.30. The average Bonchev–Trinajstić information content (AvgIpc) is 3.43. The Hall–Kier alpha value is -3.67. The van der Waals surface area contributed by atoms with Gasteiger partial charge in [-0.25, -0.2) is 0 Å². The number of rotatable bonds is 59. The van der Waals surface area contributed by atoms with Gasteiger partial charge in [-0.05, 0) is 122 Å². The lowest BCUT2D eigenvalue weighted by molar-refractivity contribution is -0.167. The Balaban J connectivity index is 4.35. The number of allylic oxidation sites excluding steroid dienone is 16. The first kappa shape index (κ1) is 73.3. The Morgan fingerprint density at radius 3 is 0.792 bits per heavy atom. The first-order valence-electron chi connectivity index (χ1n) is 32.7. The minimum Gasteiger partial charge on any atom is -0.462 e. The number of hydrogen-bond donors (Lipinski definition) is 0. The lowest BCUT2D eigenvalue weighted by atomic mass is 10.0. The van der Waals surface area contributed by atoms with Gasteiger partial charge in [-0.1, -0.05) is 272 Å². The minimum atomic E-state index is -0.788. The van der Waals surface area contributed by atoms with Crippen molar-refractivity contribution in [2.24, 2.45) is 0 Å². The molecule has 77 heavy (non-hydrogen) atoms. The highest BCUT2D eigenvalue weighted by Crippen LogP contribution is 2.16. The van der Waals surface area contributed by atoms with E-state index in [0.29, 0.717) is 19.3 Å². The molecule has 6 nitrogen and oxygen atoms in total. The second-order valence-corrected chi connectivity index (χ2v) is 21.6. The van der Waals surface area contributed by atoms with Crippen LogP contribution in [-0.2, 0) is 28.6 Å². The lowest BCUT2D eigenvalue weighted by Gasteiger charge is -2.18. The molecule has 0 spiro atoms. The first-order chi connectivity index (χ1) is 38.0. The number of ether oxygens (including phenoxy) is 3. The number of esters is 3. The summed E-state index contributed by atoms with van der Waals surface area (Å²) in [7, 11) is 0. The molecule has 0 aromatic heterocycles. The van der Waals surface area contributed by atoms with Crippen LogP contribution in [-0.4, -0.2) is 37.2 Å². The van der Waals surface area contributed by atoms with Gasteiger partial charge in [0.1, 0.15) is 13.2 Å². The van der Waals surface area contributed by atoms with E-state index >= 15 is 0 Å². The summed E-state index contributed by atoms with van der Waals surface area (Å²) in [5.41, 5.74) is 0. The predicted octanol–water partition coefficient (Wildman–Crippen LogP) is 22.4. The summed E-state index contributed by atoms with van der Waals surface area (Å²) in [4.78, 5) is 38.4. The van der Waals surface area contributed by atoms with E-state index < -0.39 is 6.10 Å². The molecule has 0 aliphatic carbocycles. The first-order valence-corrected chi connectivity index (χ1v) is 32.7. The van der Waals surface area contributed by atoms with E-state index in [9.17, 15) is 14.4 Å². The molecule has 6 heteroatoms. The Morgan fingerprint density at radius 2 is 0.506 bits per heavy atom. The quantitative estimate of drug-likeness (QED) is 0.0261. The van der Waals surface area contributed by atoms with Crippen LogP contribution in [0.4, 0.5) is 0 Å². The van der Waals surface area contributed by atoms with E-state index in [2.05, 4.69) is 118 Å². The van der Waals surface area contributed by atoms with Crippen LogP contribution in [0.15, 0.2) is 97.2 Å². The third-order valence-corrected chi connectivity index (χ3v) is 14.0. The molecule has 0 aromatic carbocycles. The minimum absolute atomic E-state index is 0.0837. The molecule has 0 aliphatic heterocycles.